The van der Waals surface area contributed by atoms with E-state index >= 15 is 0 Å². The Kier molecular flexibility index (Phi) is 6.04. The van der Waals surface area contributed by atoms with Gasteiger partial charge >= 0.3 is 7.60 Å². The van der Waals surface area contributed by atoms with Crippen molar-refractivity contribution in [2.24, 2.45) is 0 Å². The Bertz CT molecular complexity index is 215. The molecule has 0 aliphatic carbocycles. The second kappa shape index (κ2) is 6.00. The van der Waals surface area contributed by atoms with Gasteiger partial charge in [-0.05, 0) is 41.0 Å². The zero-order valence-electron chi connectivity index (χ0n) is 10.3. The highest BCUT2D eigenvalue weighted by molar-refractivity contribution is 7.55. The number of hydrogen-bond donors (Lipinski definition) is 1. The first-order chi connectivity index (χ1) is 6.79. The third kappa shape index (κ3) is 4.23. The molecule has 0 heterocycles. The van der Waals surface area contributed by atoms with Crippen LogP contribution in [-0.2, 0) is 13.6 Å². The molecule has 0 fully saturated rings. The maximum Gasteiger partial charge on any atom is 0.336 e. The van der Waals surface area contributed by atoms with Gasteiger partial charge in [-0.3, -0.25) is 4.57 Å². The zero-order valence-corrected chi connectivity index (χ0v) is 11.2. The molecule has 92 valence electrons. The van der Waals surface area contributed by atoms with Crippen LogP contribution in [0, 0.1) is 0 Å². The maximum atomic E-state index is 12.4. The van der Waals surface area contributed by atoms with E-state index in [1.165, 1.54) is 0 Å². The van der Waals surface area contributed by atoms with Gasteiger partial charge in [0.15, 0.2) is 0 Å². The Morgan fingerprint density at radius 1 is 1.27 bits per heavy atom. The average molecular weight is 238 g/mol. The summed E-state index contributed by atoms with van der Waals surface area (Å²) in [5.74, 6) is 0. The molecule has 1 atom stereocenters. The normalized spacial score (nSPS) is 15.3. The number of hydrogen-bond acceptors (Lipinski definition) is 4. The van der Waals surface area contributed by atoms with Crippen molar-refractivity contribution in [1.29, 1.82) is 0 Å². The second-order valence-electron chi connectivity index (χ2n) is 4.20. The van der Waals surface area contributed by atoms with E-state index in [1.54, 1.807) is 34.6 Å². The smallest absolute Gasteiger partial charge is 0.336 e. The van der Waals surface area contributed by atoms with Crippen LogP contribution in [0.5, 0.6) is 0 Å². The largest absolute Gasteiger partial charge is 0.393 e. The number of aliphatic hydroxyl groups excluding tert-OH is 1. The van der Waals surface area contributed by atoms with E-state index in [1.807, 2.05) is 0 Å². The van der Waals surface area contributed by atoms with Gasteiger partial charge in [-0.15, -0.1) is 0 Å². The molecule has 0 rings (SSSR count). The van der Waals surface area contributed by atoms with Crippen LogP contribution in [0.1, 0.15) is 41.0 Å². The van der Waals surface area contributed by atoms with Gasteiger partial charge in [-0.2, -0.15) is 0 Å². The Hall–Kier alpha value is 0.110. The molecule has 0 bridgehead atoms. The summed E-state index contributed by atoms with van der Waals surface area (Å²) in [6.07, 6.45) is -0.126. The monoisotopic (exact) mass is 238 g/mol. The zero-order chi connectivity index (χ0) is 12.1. The predicted molar refractivity (Wildman–Crippen MR) is 61.2 cm³/mol. The van der Waals surface area contributed by atoms with Crippen molar-refractivity contribution < 1.29 is 18.7 Å². The summed E-state index contributed by atoms with van der Waals surface area (Å²) >= 11 is 0. The van der Waals surface area contributed by atoms with Gasteiger partial charge in [0.2, 0.25) is 0 Å². The molecule has 4 nitrogen and oxygen atoms in total. The molecule has 0 aliphatic rings. The van der Waals surface area contributed by atoms with Crippen LogP contribution in [0.4, 0.5) is 0 Å². The van der Waals surface area contributed by atoms with Crippen molar-refractivity contribution in [2.75, 3.05) is 13.2 Å². The lowest BCUT2D eigenvalue weighted by Gasteiger charge is -2.33. The molecule has 0 aromatic carbocycles. The highest BCUT2D eigenvalue weighted by atomic mass is 31.2. The van der Waals surface area contributed by atoms with Crippen LogP contribution in [0.2, 0.25) is 0 Å². The quantitative estimate of drug-likeness (QED) is 0.693. The van der Waals surface area contributed by atoms with Crippen LogP contribution in [0.15, 0.2) is 0 Å². The Morgan fingerprint density at radius 3 is 1.93 bits per heavy atom. The Labute approximate surface area is 92.5 Å². The first-order valence-corrected chi connectivity index (χ1v) is 6.90. The standard InChI is InChI=1S/C10H23O4P/c1-6-13-15(12,14-7-2)10(4,5)8-9(3)11/h9,11H,6-8H2,1-5H3. The second-order valence-corrected chi connectivity index (χ2v) is 6.92. The fourth-order valence-electron chi connectivity index (χ4n) is 1.56. The topological polar surface area (TPSA) is 55.8 Å². The molecule has 0 saturated heterocycles. The van der Waals surface area contributed by atoms with Gasteiger partial charge in [0.1, 0.15) is 0 Å². The van der Waals surface area contributed by atoms with Crippen LogP contribution in [0.25, 0.3) is 0 Å². The van der Waals surface area contributed by atoms with Crippen LogP contribution < -0.4 is 0 Å². The molecule has 15 heavy (non-hydrogen) atoms. The van der Waals surface area contributed by atoms with Gasteiger partial charge in [-0.1, -0.05) is 0 Å². The molecular weight excluding hydrogens is 215 g/mol. The summed E-state index contributed by atoms with van der Waals surface area (Å²) in [5, 5.41) is 8.70. The number of rotatable bonds is 7. The molecule has 5 heteroatoms. The molecular formula is C10H23O4P. The van der Waals surface area contributed by atoms with Crippen molar-refractivity contribution in [3.63, 3.8) is 0 Å². The van der Waals surface area contributed by atoms with Crippen LogP contribution >= 0.6 is 7.60 Å². The average Bonchev–Trinajstić information content (AvgIpc) is 2.02. The predicted octanol–water partition coefficient (Wildman–Crippen LogP) is 2.80. The lowest BCUT2D eigenvalue weighted by atomic mass is 10.1. The SMILES string of the molecule is CCOP(=O)(OCC)C(C)(C)CC(C)O. The van der Waals surface area contributed by atoms with E-state index in [4.69, 9.17) is 9.05 Å². The molecule has 0 aromatic heterocycles. The van der Waals surface area contributed by atoms with Crippen LogP contribution in [0.3, 0.4) is 0 Å². The first-order valence-electron chi connectivity index (χ1n) is 5.36. The van der Waals surface area contributed by atoms with Gasteiger partial charge in [-0.25, -0.2) is 0 Å². The van der Waals surface area contributed by atoms with E-state index in [-0.39, 0.29) is 0 Å². The fraction of sp³-hybridized carbons (Fsp3) is 1.00. The lowest BCUT2D eigenvalue weighted by Crippen LogP contribution is -2.28. The summed E-state index contributed by atoms with van der Waals surface area (Å²) in [6, 6.07) is 0. The Balaban J connectivity index is 4.80. The molecule has 0 radical (unpaired) electrons. The van der Waals surface area contributed by atoms with Crippen molar-refractivity contribution in [3.05, 3.63) is 0 Å². The van der Waals surface area contributed by atoms with Gasteiger partial charge < -0.3 is 14.2 Å². The minimum Gasteiger partial charge on any atom is -0.393 e. The van der Waals surface area contributed by atoms with Crippen LogP contribution in [-0.4, -0.2) is 29.6 Å². The number of aliphatic hydroxyl groups is 1. The minimum atomic E-state index is -3.14. The van der Waals surface area contributed by atoms with E-state index in [0.717, 1.165) is 0 Å². The fourth-order valence-corrected chi connectivity index (χ4v) is 3.50. The van der Waals surface area contributed by atoms with E-state index < -0.39 is 18.9 Å². The molecule has 0 spiro atoms. The van der Waals surface area contributed by atoms with E-state index in [0.29, 0.717) is 19.6 Å². The Morgan fingerprint density at radius 2 is 1.67 bits per heavy atom. The van der Waals surface area contributed by atoms with Crippen molar-refractivity contribution >= 4 is 7.60 Å². The van der Waals surface area contributed by atoms with E-state index in [2.05, 4.69) is 0 Å². The summed E-state index contributed by atoms with van der Waals surface area (Å²) in [4.78, 5) is 0. The van der Waals surface area contributed by atoms with Gasteiger partial charge in [0.25, 0.3) is 0 Å². The molecule has 0 aromatic rings. The summed E-state index contributed by atoms with van der Waals surface area (Å²) in [6.45, 7) is 9.52. The van der Waals surface area contributed by atoms with E-state index in [9.17, 15) is 9.67 Å². The summed E-state index contributed by atoms with van der Waals surface area (Å²) in [7, 11) is -3.14. The van der Waals surface area contributed by atoms with Gasteiger partial charge in [0, 0.05) is 0 Å². The summed E-state index contributed by atoms with van der Waals surface area (Å²) in [5.41, 5.74) is 0. The lowest BCUT2D eigenvalue weighted by molar-refractivity contribution is 0.148. The minimum absolute atomic E-state index is 0.348. The summed E-state index contributed by atoms with van der Waals surface area (Å²) < 4.78 is 22.9. The third-order valence-corrected chi connectivity index (χ3v) is 5.00. The van der Waals surface area contributed by atoms with Crippen molar-refractivity contribution in [3.8, 4) is 0 Å². The first kappa shape index (κ1) is 15.1. The molecule has 0 amide bonds. The molecule has 0 saturated carbocycles. The van der Waals surface area contributed by atoms with Gasteiger partial charge in [0.05, 0.1) is 24.5 Å². The van der Waals surface area contributed by atoms with Crippen molar-refractivity contribution in [1.82, 2.24) is 0 Å². The molecule has 1 unspecified atom stereocenters. The molecule has 1 N–H and O–H groups in total. The van der Waals surface area contributed by atoms with Crippen molar-refractivity contribution in [2.45, 2.75) is 52.3 Å². The maximum absolute atomic E-state index is 12.4. The third-order valence-electron chi connectivity index (χ3n) is 2.13. The molecule has 0 aliphatic heterocycles. The highest BCUT2D eigenvalue weighted by Crippen LogP contribution is 2.61. The highest BCUT2D eigenvalue weighted by Gasteiger charge is 2.43.